The maximum Gasteiger partial charge on any atom is 0.308 e. The van der Waals surface area contributed by atoms with Crippen LogP contribution in [0, 0.1) is 29.1 Å². The maximum absolute atomic E-state index is 11.4. The van der Waals surface area contributed by atoms with Crippen LogP contribution in [-0.4, -0.2) is 17.1 Å². The van der Waals surface area contributed by atoms with Gasteiger partial charge in [0.2, 0.25) is 0 Å². The van der Waals surface area contributed by atoms with Gasteiger partial charge in [-0.25, -0.2) is 0 Å². The molecule has 2 aliphatic carbocycles. The van der Waals surface area contributed by atoms with Crippen molar-refractivity contribution in [1.29, 1.82) is 5.26 Å². The molecule has 1 aromatic rings. The van der Waals surface area contributed by atoms with E-state index in [1.807, 2.05) is 12.1 Å². The Bertz CT molecular complexity index is 547. The fourth-order valence-electron chi connectivity index (χ4n) is 3.87. The molecule has 104 valence electrons. The van der Waals surface area contributed by atoms with Crippen LogP contribution in [0.5, 0.6) is 0 Å². The summed E-state index contributed by atoms with van der Waals surface area (Å²) in [6.07, 6.45) is 3.28. The number of carbonyl (C=O) groups is 1. The third-order valence-electron chi connectivity index (χ3n) is 4.83. The van der Waals surface area contributed by atoms with Crippen molar-refractivity contribution in [2.24, 2.45) is 17.8 Å². The third-order valence-corrected chi connectivity index (χ3v) is 4.83. The first-order valence-electron chi connectivity index (χ1n) is 7.14. The van der Waals surface area contributed by atoms with Gasteiger partial charge in [-0.15, -0.1) is 0 Å². The summed E-state index contributed by atoms with van der Waals surface area (Å²) in [5.74, 6) is -0.0166. The number of aliphatic carboxylic acids is 1. The smallest absolute Gasteiger partial charge is 0.308 e. The van der Waals surface area contributed by atoms with Crippen LogP contribution < -0.4 is 5.32 Å². The summed E-state index contributed by atoms with van der Waals surface area (Å²) in [7, 11) is 0. The minimum Gasteiger partial charge on any atom is -0.481 e. The second kappa shape index (κ2) is 5.26. The largest absolute Gasteiger partial charge is 0.481 e. The molecule has 0 spiro atoms. The quantitative estimate of drug-likeness (QED) is 0.879. The number of hydrogen-bond acceptors (Lipinski definition) is 3. The van der Waals surface area contributed by atoms with Gasteiger partial charge in [-0.2, -0.15) is 5.26 Å². The number of fused-ring (bicyclic) bond motifs is 2. The molecule has 4 unspecified atom stereocenters. The summed E-state index contributed by atoms with van der Waals surface area (Å²) < 4.78 is 0. The second-order valence-corrected chi connectivity index (χ2v) is 5.91. The van der Waals surface area contributed by atoms with E-state index in [9.17, 15) is 9.90 Å². The molecule has 0 heterocycles. The lowest BCUT2D eigenvalue weighted by atomic mass is 9.84. The first-order chi connectivity index (χ1) is 9.69. The number of rotatable bonds is 4. The molecular formula is C16H18N2O2. The Morgan fingerprint density at radius 3 is 2.65 bits per heavy atom. The average molecular weight is 270 g/mol. The Kier molecular flexibility index (Phi) is 3.45. The van der Waals surface area contributed by atoms with Crippen molar-refractivity contribution in [3.8, 4) is 6.07 Å². The summed E-state index contributed by atoms with van der Waals surface area (Å²) in [5.41, 5.74) is 1.74. The number of nitriles is 1. The van der Waals surface area contributed by atoms with E-state index in [2.05, 4.69) is 11.4 Å². The van der Waals surface area contributed by atoms with Crippen LogP contribution in [0.1, 0.15) is 30.4 Å². The molecule has 4 heteroatoms. The molecule has 0 aromatic heterocycles. The van der Waals surface area contributed by atoms with Crippen molar-refractivity contribution in [1.82, 2.24) is 5.32 Å². The van der Waals surface area contributed by atoms with Gasteiger partial charge in [-0.05, 0) is 48.8 Å². The fourth-order valence-corrected chi connectivity index (χ4v) is 3.87. The summed E-state index contributed by atoms with van der Waals surface area (Å²) in [4.78, 5) is 11.4. The highest BCUT2D eigenvalue weighted by Gasteiger charge is 2.50. The molecule has 2 aliphatic rings. The van der Waals surface area contributed by atoms with Crippen LogP contribution in [0.25, 0.3) is 0 Å². The minimum atomic E-state index is -0.658. The average Bonchev–Trinajstić information content (AvgIpc) is 3.06. The zero-order valence-electron chi connectivity index (χ0n) is 11.2. The zero-order valence-corrected chi connectivity index (χ0v) is 11.2. The molecular weight excluding hydrogens is 252 g/mol. The van der Waals surface area contributed by atoms with Crippen molar-refractivity contribution < 1.29 is 9.90 Å². The van der Waals surface area contributed by atoms with Crippen LogP contribution in [0.2, 0.25) is 0 Å². The predicted octanol–water partition coefficient (Wildman–Crippen LogP) is 2.15. The van der Waals surface area contributed by atoms with Gasteiger partial charge in [-0.1, -0.05) is 12.1 Å². The van der Waals surface area contributed by atoms with Gasteiger partial charge in [-0.3, -0.25) is 4.79 Å². The highest BCUT2D eigenvalue weighted by Crippen LogP contribution is 2.48. The Balaban J connectivity index is 1.65. The van der Waals surface area contributed by atoms with E-state index >= 15 is 0 Å². The molecule has 0 amide bonds. The number of carboxylic acid groups (broad SMARTS) is 1. The van der Waals surface area contributed by atoms with E-state index in [4.69, 9.17) is 5.26 Å². The van der Waals surface area contributed by atoms with Crippen LogP contribution in [-0.2, 0) is 11.3 Å². The molecule has 0 radical (unpaired) electrons. The SMILES string of the molecule is N#Cc1ccc(CNC2C3CCC(C3)C2C(=O)O)cc1. The Labute approximate surface area is 118 Å². The monoisotopic (exact) mass is 270 g/mol. The Hall–Kier alpha value is -1.86. The second-order valence-electron chi connectivity index (χ2n) is 5.91. The molecule has 4 atom stereocenters. The first kappa shape index (κ1) is 13.1. The Morgan fingerprint density at radius 1 is 1.30 bits per heavy atom. The van der Waals surface area contributed by atoms with Gasteiger partial charge in [0.25, 0.3) is 0 Å². The number of benzene rings is 1. The Morgan fingerprint density at radius 2 is 2.00 bits per heavy atom. The molecule has 2 fully saturated rings. The van der Waals surface area contributed by atoms with Crippen LogP contribution >= 0.6 is 0 Å². The van der Waals surface area contributed by atoms with E-state index in [0.717, 1.165) is 24.8 Å². The lowest BCUT2D eigenvalue weighted by Crippen LogP contribution is -2.43. The number of nitrogens with one attached hydrogen (secondary N) is 1. The molecule has 4 nitrogen and oxygen atoms in total. The maximum atomic E-state index is 11.4. The molecule has 2 N–H and O–H groups in total. The van der Waals surface area contributed by atoms with Crippen molar-refractivity contribution in [3.63, 3.8) is 0 Å². The number of nitrogens with zero attached hydrogens (tertiary/aromatic N) is 1. The highest BCUT2D eigenvalue weighted by molar-refractivity contribution is 5.72. The number of hydrogen-bond donors (Lipinski definition) is 2. The summed E-state index contributed by atoms with van der Waals surface area (Å²) in [6, 6.07) is 9.64. The topological polar surface area (TPSA) is 73.1 Å². The normalized spacial score (nSPS) is 31.1. The van der Waals surface area contributed by atoms with Gasteiger partial charge in [0.15, 0.2) is 0 Å². The lowest BCUT2D eigenvalue weighted by molar-refractivity contribution is -0.144. The molecule has 2 bridgehead atoms. The summed E-state index contributed by atoms with van der Waals surface area (Å²) in [6.45, 7) is 0.670. The summed E-state index contributed by atoms with van der Waals surface area (Å²) in [5, 5.41) is 21.6. The fraction of sp³-hybridized carbons (Fsp3) is 0.500. The molecule has 20 heavy (non-hydrogen) atoms. The molecule has 0 saturated heterocycles. The predicted molar refractivity (Wildman–Crippen MR) is 73.7 cm³/mol. The van der Waals surface area contributed by atoms with Gasteiger partial charge < -0.3 is 10.4 Å². The van der Waals surface area contributed by atoms with E-state index in [0.29, 0.717) is 23.9 Å². The van der Waals surface area contributed by atoms with Gasteiger partial charge in [0.05, 0.1) is 17.6 Å². The molecule has 3 rings (SSSR count). The van der Waals surface area contributed by atoms with E-state index < -0.39 is 5.97 Å². The van der Waals surface area contributed by atoms with Gasteiger partial charge in [0.1, 0.15) is 0 Å². The lowest BCUT2D eigenvalue weighted by Gasteiger charge is -2.29. The molecule has 2 saturated carbocycles. The molecule has 1 aromatic carbocycles. The van der Waals surface area contributed by atoms with Gasteiger partial charge in [0, 0.05) is 12.6 Å². The third kappa shape index (κ3) is 2.30. The van der Waals surface area contributed by atoms with Crippen molar-refractivity contribution in [2.45, 2.75) is 31.8 Å². The van der Waals surface area contributed by atoms with Crippen LogP contribution in [0.3, 0.4) is 0 Å². The minimum absolute atomic E-state index is 0.0990. The van der Waals surface area contributed by atoms with Crippen molar-refractivity contribution in [2.75, 3.05) is 0 Å². The first-order valence-corrected chi connectivity index (χ1v) is 7.14. The van der Waals surface area contributed by atoms with E-state index in [1.54, 1.807) is 12.1 Å². The van der Waals surface area contributed by atoms with E-state index in [1.165, 1.54) is 0 Å². The van der Waals surface area contributed by atoms with Gasteiger partial charge >= 0.3 is 5.97 Å². The molecule has 0 aliphatic heterocycles. The van der Waals surface area contributed by atoms with Crippen LogP contribution in [0.4, 0.5) is 0 Å². The zero-order chi connectivity index (χ0) is 14.1. The van der Waals surface area contributed by atoms with Crippen molar-refractivity contribution >= 4 is 5.97 Å². The summed E-state index contributed by atoms with van der Waals surface area (Å²) >= 11 is 0. The van der Waals surface area contributed by atoms with Crippen LogP contribution in [0.15, 0.2) is 24.3 Å². The van der Waals surface area contributed by atoms with Crippen molar-refractivity contribution in [3.05, 3.63) is 35.4 Å². The highest BCUT2D eigenvalue weighted by atomic mass is 16.4. The standard InChI is InChI=1S/C16H18N2O2/c17-8-10-1-3-11(4-2-10)9-18-15-13-6-5-12(7-13)14(15)16(19)20/h1-4,12-15,18H,5-7,9H2,(H,19,20). The van der Waals surface area contributed by atoms with E-state index in [-0.39, 0.29) is 12.0 Å². The number of carboxylic acids is 1.